The van der Waals surface area contributed by atoms with Crippen molar-refractivity contribution in [1.29, 1.82) is 0 Å². The molecule has 0 rings (SSSR count). The fourth-order valence-electron chi connectivity index (χ4n) is 0. The molecule has 0 aliphatic carbocycles. The van der Waals surface area contributed by atoms with Gasteiger partial charge in [0.05, 0.1) is 0 Å². The molecule has 0 aliphatic heterocycles. The molecule has 174 valence electrons. The minimum absolute atomic E-state index is 0. The van der Waals surface area contributed by atoms with Crippen LogP contribution in [-0.4, -0.2) is 71.9 Å². The van der Waals surface area contributed by atoms with E-state index >= 15 is 0 Å². The molecular formula is C3H6F9O12S3Sc. The van der Waals surface area contributed by atoms with Gasteiger partial charge in [0.25, 0.3) is 0 Å². The summed E-state index contributed by atoms with van der Waals surface area (Å²) >= 11 is 0. The van der Waals surface area contributed by atoms with Crippen molar-refractivity contribution < 1.29 is 121 Å². The number of hydrogen-bond acceptors (Lipinski definition) is 9. The Morgan fingerprint density at radius 1 is 0.429 bits per heavy atom. The van der Waals surface area contributed by atoms with E-state index in [2.05, 4.69) is 0 Å². The van der Waals surface area contributed by atoms with Crippen molar-refractivity contribution in [2.75, 3.05) is 0 Å². The predicted molar refractivity (Wildman–Crippen MR) is 58.1 cm³/mol. The minimum Gasteiger partial charge on any atom is -0.741 e. The zero-order valence-electron chi connectivity index (χ0n) is 11.9. The van der Waals surface area contributed by atoms with E-state index in [1.54, 1.807) is 0 Å². The Kier molecular flexibility index (Phi) is 23.0. The fraction of sp³-hybridized carbons (Fsp3) is 1.00. The normalized spacial score (nSPS) is 12.0. The predicted octanol–water partition coefficient (Wildman–Crippen LogP) is -2.32. The average Bonchev–Trinajstić information content (AvgIpc) is 2.08. The van der Waals surface area contributed by atoms with Crippen molar-refractivity contribution in [3.8, 4) is 0 Å². The Balaban J connectivity index is -0.0000000441. The first-order valence-electron chi connectivity index (χ1n) is 3.81. The average molecular weight is 546 g/mol. The molecule has 0 aromatic heterocycles. The van der Waals surface area contributed by atoms with E-state index in [-0.39, 0.29) is 42.3 Å². The molecule has 0 radical (unpaired) electrons. The molecule has 0 saturated heterocycles. The molecule has 28 heavy (non-hydrogen) atoms. The van der Waals surface area contributed by atoms with Crippen LogP contribution < -0.4 is 0 Å². The van der Waals surface area contributed by atoms with E-state index < -0.39 is 46.9 Å². The molecule has 0 aromatic carbocycles. The molecule has 0 unspecified atom stereocenters. The van der Waals surface area contributed by atoms with Gasteiger partial charge in [-0.1, -0.05) is 0 Å². The number of alkyl halides is 9. The third kappa shape index (κ3) is 22.1. The van der Waals surface area contributed by atoms with Gasteiger partial charge in [-0.25, -0.2) is 25.3 Å². The standard InChI is InChI=1S/3CHF3O3S.3H2O.Sc/c3*2-1(3,4)8(5,6)7;;;;/h3*(H,5,6,7);3*1H2;/q;;;;;;+3/p-3. The summed E-state index contributed by atoms with van der Waals surface area (Å²) in [6, 6.07) is 0. The molecule has 0 saturated carbocycles. The largest absolute Gasteiger partial charge is 3.00 e. The SMILES string of the molecule is O.O.O.O=S(=O)([O-])C(F)(F)F.O=S(=O)([O-])C(F)(F)F.O=S(=O)([O-])C(F)(F)F.[Sc+3]. The van der Waals surface area contributed by atoms with Crippen LogP contribution in [0.15, 0.2) is 0 Å². The Hall–Kier alpha value is -0.150. The van der Waals surface area contributed by atoms with Crippen LogP contribution in [0, 0.1) is 0 Å². The van der Waals surface area contributed by atoms with Crippen LogP contribution in [0.2, 0.25) is 0 Å². The van der Waals surface area contributed by atoms with Gasteiger partial charge in [-0.3, -0.25) is 0 Å². The molecule has 0 bridgehead atoms. The van der Waals surface area contributed by atoms with Crippen LogP contribution in [0.1, 0.15) is 0 Å². The van der Waals surface area contributed by atoms with Gasteiger partial charge in [0, 0.05) is 0 Å². The van der Waals surface area contributed by atoms with Crippen LogP contribution >= 0.6 is 0 Å². The van der Waals surface area contributed by atoms with Crippen molar-refractivity contribution in [2.45, 2.75) is 16.5 Å². The Morgan fingerprint density at radius 2 is 0.464 bits per heavy atom. The van der Waals surface area contributed by atoms with Gasteiger partial charge in [0.2, 0.25) is 0 Å². The van der Waals surface area contributed by atoms with Crippen molar-refractivity contribution in [2.24, 2.45) is 0 Å². The second-order valence-corrected chi connectivity index (χ2v) is 6.81. The topological polar surface area (TPSA) is 266 Å². The maximum Gasteiger partial charge on any atom is 3.00 e. The molecule has 6 N–H and O–H groups in total. The maximum absolute atomic E-state index is 10.7. The van der Waals surface area contributed by atoms with Gasteiger partial charge in [0.15, 0.2) is 30.4 Å². The second-order valence-electron chi connectivity index (χ2n) is 2.70. The zero-order chi connectivity index (χ0) is 21.0. The number of halogens is 9. The summed E-state index contributed by atoms with van der Waals surface area (Å²) in [5.41, 5.74) is -16.9. The molecule has 0 spiro atoms. The van der Waals surface area contributed by atoms with E-state index in [1.165, 1.54) is 0 Å². The first-order valence-corrected chi connectivity index (χ1v) is 8.04. The van der Waals surface area contributed by atoms with E-state index in [9.17, 15) is 39.5 Å². The fourth-order valence-corrected chi connectivity index (χ4v) is 0. The summed E-state index contributed by atoms with van der Waals surface area (Å²) < 4.78 is 177. The number of rotatable bonds is 0. The molecule has 0 aromatic rings. The first-order chi connectivity index (χ1) is 9.75. The molecular weight excluding hydrogens is 540 g/mol. The Morgan fingerprint density at radius 3 is 0.464 bits per heavy atom. The molecule has 12 nitrogen and oxygen atoms in total. The van der Waals surface area contributed by atoms with Crippen molar-refractivity contribution in [3.63, 3.8) is 0 Å². The van der Waals surface area contributed by atoms with E-state index in [4.69, 9.17) is 38.9 Å². The summed E-state index contributed by atoms with van der Waals surface area (Å²) in [7, 11) is -18.3. The zero-order valence-corrected chi connectivity index (χ0v) is 16.1. The molecule has 0 atom stereocenters. The van der Waals surface area contributed by atoms with Gasteiger partial charge < -0.3 is 30.1 Å². The van der Waals surface area contributed by atoms with E-state index in [0.29, 0.717) is 0 Å². The molecule has 25 heteroatoms. The van der Waals surface area contributed by atoms with Crippen molar-refractivity contribution >= 4 is 30.4 Å². The summed E-state index contributed by atoms with van der Waals surface area (Å²) in [5, 5.41) is 0. The van der Waals surface area contributed by atoms with Gasteiger partial charge >= 0.3 is 42.4 Å². The molecule has 0 amide bonds. The van der Waals surface area contributed by atoms with Crippen LogP contribution in [0.3, 0.4) is 0 Å². The van der Waals surface area contributed by atoms with Gasteiger partial charge in [-0.2, -0.15) is 39.5 Å². The van der Waals surface area contributed by atoms with Gasteiger partial charge in [-0.05, 0) is 0 Å². The third-order valence-corrected chi connectivity index (χ3v) is 2.55. The van der Waals surface area contributed by atoms with Crippen LogP contribution in [0.4, 0.5) is 39.5 Å². The molecule has 0 heterocycles. The van der Waals surface area contributed by atoms with Crippen molar-refractivity contribution in [3.05, 3.63) is 0 Å². The summed E-state index contributed by atoms with van der Waals surface area (Å²) in [6.07, 6.45) is 0. The van der Waals surface area contributed by atoms with E-state index in [1.807, 2.05) is 0 Å². The Labute approximate surface area is 167 Å². The number of hydrogen-bond donors (Lipinski definition) is 0. The van der Waals surface area contributed by atoms with Gasteiger partial charge in [-0.15, -0.1) is 0 Å². The third-order valence-electron chi connectivity index (χ3n) is 0.850. The minimum atomic E-state index is -6.09. The molecule has 0 aliphatic rings. The second kappa shape index (κ2) is 14.0. The van der Waals surface area contributed by atoms with Crippen molar-refractivity contribution in [1.82, 2.24) is 0 Å². The molecule has 0 fully saturated rings. The van der Waals surface area contributed by atoms with E-state index in [0.717, 1.165) is 0 Å². The van der Waals surface area contributed by atoms with Crippen LogP contribution in [-0.2, 0) is 56.2 Å². The Bertz CT molecular complexity index is 600. The smallest absolute Gasteiger partial charge is 0.741 e. The summed E-state index contributed by atoms with van der Waals surface area (Å²) in [5.74, 6) is 0. The quantitative estimate of drug-likeness (QED) is 0.179. The first kappa shape index (κ1) is 46.2. The van der Waals surface area contributed by atoms with Gasteiger partial charge in [0.1, 0.15) is 0 Å². The van der Waals surface area contributed by atoms with Crippen LogP contribution in [0.5, 0.6) is 0 Å². The monoisotopic (exact) mass is 546 g/mol. The summed E-state index contributed by atoms with van der Waals surface area (Å²) in [4.78, 5) is 0. The summed E-state index contributed by atoms with van der Waals surface area (Å²) in [6.45, 7) is 0. The maximum atomic E-state index is 10.7. The van der Waals surface area contributed by atoms with Crippen LogP contribution in [0.25, 0.3) is 0 Å².